The van der Waals surface area contributed by atoms with Crippen molar-refractivity contribution in [2.45, 2.75) is 0 Å². The fourth-order valence-electron chi connectivity index (χ4n) is 13.1. The van der Waals surface area contributed by atoms with Crippen molar-refractivity contribution < 1.29 is 0 Å². The lowest BCUT2D eigenvalue weighted by atomic mass is 9.96. The zero-order valence-electron chi connectivity index (χ0n) is 45.4. The number of fused-ring (bicyclic) bond motifs is 12. The average Bonchev–Trinajstić information content (AvgIpc) is 1.80. The Morgan fingerprint density at radius 1 is 0.131 bits per heavy atom. The normalized spacial score (nSPS) is 11.7. The van der Waals surface area contributed by atoms with E-state index in [2.05, 4.69) is 218 Å². The Labute approximate surface area is 483 Å². The highest BCUT2D eigenvalue weighted by Crippen LogP contribution is 2.45. The lowest BCUT2D eigenvalue weighted by Crippen LogP contribution is -2.00. The summed E-state index contributed by atoms with van der Waals surface area (Å²) >= 11 is 0. The van der Waals surface area contributed by atoms with Gasteiger partial charge < -0.3 is 0 Å². The van der Waals surface area contributed by atoms with Gasteiger partial charge in [-0.1, -0.05) is 273 Å². The second-order valence-electron chi connectivity index (χ2n) is 22.1. The van der Waals surface area contributed by atoms with Crippen LogP contribution in [0.25, 0.3) is 165 Å². The molecule has 3 nitrogen and oxygen atoms in total. The Balaban J connectivity index is 0.818. The minimum Gasteiger partial charge on any atom is -0.289 e. The van der Waals surface area contributed by atoms with E-state index < -0.39 is 0 Å². The standard InChI is InChI=1S/C81H48O3/c82-79-70-46-64(61-34-28-58(29-35-61)55-22-16-52(17-23-55)49-10-4-1-5-11-49)40-43-67(70)73-76(79)74-68-44-41-65(62-36-30-59(31-37-62)56-24-18-53(19-25-56)50-12-6-2-7-13-50)47-71(68)81(84)78(74)75-69-45-42-66(48-72(69)80(83)77(73)75)63-38-32-60(33-39-63)57-26-20-54(21-27-57)51-14-8-3-9-15-51/h1-48H. The lowest BCUT2D eigenvalue weighted by Gasteiger charge is -2.07. The summed E-state index contributed by atoms with van der Waals surface area (Å²) < 4.78 is 0. The van der Waals surface area contributed by atoms with E-state index in [1.165, 1.54) is 16.7 Å². The molecule has 0 saturated heterocycles. The van der Waals surface area contributed by atoms with Crippen LogP contribution in [0.4, 0.5) is 0 Å². The summed E-state index contributed by atoms with van der Waals surface area (Å²) in [4.78, 5) is 46.4. The molecule has 0 fully saturated rings. The van der Waals surface area contributed by atoms with Gasteiger partial charge in [0.2, 0.25) is 0 Å². The second kappa shape index (κ2) is 19.6. The molecule has 16 rings (SSSR count). The molecule has 0 saturated carbocycles. The smallest absolute Gasteiger partial charge is 0.194 e. The minimum absolute atomic E-state index is 0.188. The fourth-order valence-corrected chi connectivity index (χ4v) is 13.1. The van der Waals surface area contributed by atoms with Crippen LogP contribution in [0, 0.1) is 0 Å². The van der Waals surface area contributed by atoms with Gasteiger partial charge in [0.1, 0.15) is 0 Å². The Hall–Kier alpha value is -11.1. The third-order valence-corrected chi connectivity index (χ3v) is 17.4. The van der Waals surface area contributed by atoms with Gasteiger partial charge in [-0.25, -0.2) is 0 Å². The largest absolute Gasteiger partial charge is 0.289 e. The molecule has 0 spiro atoms. The third kappa shape index (κ3) is 8.01. The van der Waals surface area contributed by atoms with Gasteiger partial charge in [-0.3, -0.25) is 14.4 Å². The first-order chi connectivity index (χ1) is 41.4. The quantitative estimate of drug-likeness (QED) is 0.145. The van der Waals surface area contributed by atoms with Crippen LogP contribution in [-0.2, 0) is 0 Å². The van der Waals surface area contributed by atoms with E-state index in [9.17, 15) is 0 Å². The molecular weight excluding hydrogens is 1020 g/mol. The van der Waals surface area contributed by atoms with Gasteiger partial charge in [0.15, 0.2) is 16.3 Å². The van der Waals surface area contributed by atoms with E-state index in [0.717, 1.165) is 83.5 Å². The lowest BCUT2D eigenvalue weighted by molar-refractivity contribution is 1.58. The van der Waals surface area contributed by atoms with Gasteiger partial charge in [-0.05, 0) is 134 Å². The fraction of sp³-hybridized carbons (Fsp3) is 0. The number of hydrogen-bond acceptors (Lipinski definition) is 3. The van der Waals surface area contributed by atoms with Crippen LogP contribution in [0.2, 0.25) is 0 Å². The molecule has 3 heteroatoms. The molecule has 0 bridgehead atoms. The summed E-state index contributed by atoms with van der Waals surface area (Å²) in [6.07, 6.45) is 0. The summed E-state index contributed by atoms with van der Waals surface area (Å²) in [5, 5.41) is 6.73. The maximum absolute atomic E-state index is 15.5. The van der Waals surface area contributed by atoms with Gasteiger partial charge in [0.25, 0.3) is 0 Å². The monoisotopic (exact) mass is 1070 g/mol. The Morgan fingerprint density at radius 3 is 0.476 bits per heavy atom. The van der Waals surface area contributed by atoms with Gasteiger partial charge in [0, 0.05) is 48.5 Å². The second-order valence-corrected chi connectivity index (χ2v) is 22.1. The van der Waals surface area contributed by atoms with Crippen LogP contribution in [-0.4, -0.2) is 0 Å². The maximum atomic E-state index is 15.5. The molecule has 16 aromatic rings. The summed E-state index contributed by atoms with van der Waals surface area (Å²) in [6.45, 7) is 0. The Morgan fingerprint density at radius 2 is 0.286 bits per heavy atom. The third-order valence-electron chi connectivity index (χ3n) is 17.4. The first-order valence-electron chi connectivity index (χ1n) is 28.5. The van der Waals surface area contributed by atoms with Crippen LogP contribution in [0.5, 0.6) is 0 Å². The van der Waals surface area contributed by atoms with Crippen LogP contribution < -0.4 is 16.3 Å². The van der Waals surface area contributed by atoms with Crippen molar-refractivity contribution in [1.29, 1.82) is 0 Å². The zero-order valence-corrected chi connectivity index (χ0v) is 45.4. The van der Waals surface area contributed by atoms with Crippen molar-refractivity contribution in [3.63, 3.8) is 0 Å². The molecule has 0 aliphatic carbocycles. The molecule has 0 unspecified atom stereocenters. The molecular formula is C81H48O3. The van der Waals surface area contributed by atoms with Crippen molar-refractivity contribution >= 4 is 64.6 Å². The van der Waals surface area contributed by atoms with E-state index in [1.54, 1.807) is 0 Å². The van der Waals surface area contributed by atoms with Crippen molar-refractivity contribution in [3.05, 3.63) is 322 Å². The summed E-state index contributed by atoms with van der Waals surface area (Å²) in [5.74, 6) is 0. The molecule has 0 N–H and O–H groups in total. The SMILES string of the molecule is O=c1c2cc(-c3ccc(-c4ccc(-c5ccccc5)cc4)cc3)ccc2c2c1c1c3ccc(-c4ccc(-c5ccc(-c6ccccc6)cc5)cc4)cc3c(=O)c1c1c3ccc(-c4ccc(-c5ccc(-c6ccccc6)cc5)cc4)cc3c(=O)c21. The molecule has 0 radical (unpaired) electrons. The first kappa shape index (κ1) is 48.7. The molecule has 0 aliphatic rings. The molecule has 0 aliphatic heterocycles. The molecule has 0 amide bonds. The van der Waals surface area contributed by atoms with E-state index in [4.69, 9.17) is 0 Å². The number of hydrogen-bond donors (Lipinski definition) is 0. The van der Waals surface area contributed by atoms with Crippen molar-refractivity contribution in [2.75, 3.05) is 0 Å². The first-order valence-corrected chi connectivity index (χ1v) is 28.5. The molecule has 84 heavy (non-hydrogen) atoms. The predicted octanol–water partition coefficient (Wildman–Crippen LogP) is 20.0. The van der Waals surface area contributed by atoms with E-state index in [0.29, 0.717) is 64.6 Å². The average molecular weight is 1070 g/mol. The topological polar surface area (TPSA) is 51.2 Å². The van der Waals surface area contributed by atoms with Gasteiger partial charge in [0.05, 0.1) is 0 Å². The van der Waals surface area contributed by atoms with Gasteiger partial charge in [-0.2, -0.15) is 0 Å². The summed E-state index contributed by atoms with van der Waals surface area (Å²) in [6, 6.07) is 100. The van der Waals surface area contributed by atoms with E-state index in [-0.39, 0.29) is 16.3 Å². The van der Waals surface area contributed by atoms with Crippen LogP contribution in [0.1, 0.15) is 0 Å². The maximum Gasteiger partial charge on any atom is 0.194 e. The van der Waals surface area contributed by atoms with Crippen LogP contribution in [0.15, 0.2) is 306 Å². The minimum atomic E-state index is -0.188. The number of rotatable bonds is 9. The number of benzene rings is 13. The highest BCUT2D eigenvalue weighted by atomic mass is 16.1. The summed E-state index contributed by atoms with van der Waals surface area (Å²) in [7, 11) is 0. The van der Waals surface area contributed by atoms with Crippen molar-refractivity contribution in [2.24, 2.45) is 0 Å². The Kier molecular flexibility index (Phi) is 11.3. The predicted molar refractivity (Wildman–Crippen MR) is 353 cm³/mol. The van der Waals surface area contributed by atoms with Crippen LogP contribution in [0.3, 0.4) is 0 Å². The highest BCUT2D eigenvalue weighted by Gasteiger charge is 2.28. The summed E-state index contributed by atoms with van der Waals surface area (Å²) in [5.41, 5.74) is 18.6. The van der Waals surface area contributed by atoms with Gasteiger partial charge in [-0.15, -0.1) is 0 Å². The molecule has 390 valence electrons. The van der Waals surface area contributed by atoms with Crippen molar-refractivity contribution in [3.8, 4) is 100 Å². The Bertz CT molecular complexity index is 4800. The zero-order chi connectivity index (χ0) is 56.0. The van der Waals surface area contributed by atoms with Crippen LogP contribution >= 0.6 is 0 Å². The van der Waals surface area contributed by atoms with Crippen molar-refractivity contribution in [1.82, 2.24) is 0 Å². The molecule has 0 atom stereocenters. The van der Waals surface area contributed by atoms with E-state index >= 15 is 14.4 Å². The van der Waals surface area contributed by atoms with Gasteiger partial charge >= 0.3 is 0 Å². The molecule has 0 aromatic heterocycles. The highest BCUT2D eigenvalue weighted by molar-refractivity contribution is 6.43. The molecule has 16 aromatic carbocycles. The van der Waals surface area contributed by atoms with E-state index in [1.807, 2.05) is 72.8 Å². The molecule has 0 heterocycles.